The van der Waals surface area contributed by atoms with Gasteiger partial charge in [-0.25, -0.2) is 9.97 Å². The van der Waals surface area contributed by atoms with Crippen molar-refractivity contribution in [2.24, 2.45) is 0 Å². The maximum Gasteiger partial charge on any atom is 0.213 e. The SMILES string of the molecule is c1ccc(OC2CCN(c3ccccn3)CC2)nc1. The van der Waals surface area contributed by atoms with Gasteiger partial charge >= 0.3 is 0 Å². The molecule has 0 spiro atoms. The highest BCUT2D eigenvalue weighted by Crippen LogP contribution is 2.20. The van der Waals surface area contributed by atoms with Crippen molar-refractivity contribution < 1.29 is 4.74 Å². The van der Waals surface area contributed by atoms with Gasteiger partial charge in [0.2, 0.25) is 5.88 Å². The molecule has 1 fully saturated rings. The summed E-state index contributed by atoms with van der Waals surface area (Å²) >= 11 is 0. The number of aromatic nitrogens is 2. The Morgan fingerprint density at radius 3 is 2.32 bits per heavy atom. The minimum atomic E-state index is 0.259. The van der Waals surface area contributed by atoms with Crippen LogP contribution < -0.4 is 9.64 Å². The molecule has 0 saturated carbocycles. The summed E-state index contributed by atoms with van der Waals surface area (Å²) in [5.41, 5.74) is 0. The predicted molar refractivity (Wildman–Crippen MR) is 74.3 cm³/mol. The molecule has 2 aromatic heterocycles. The first-order chi connectivity index (χ1) is 9.42. The molecular weight excluding hydrogens is 238 g/mol. The van der Waals surface area contributed by atoms with E-state index in [1.807, 2.05) is 36.5 Å². The van der Waals surface area contributed by atoms with Gasteiger partial charge in [0.25, 0.3) is 0 Å². The summed E-state index contributed by atoms with van der Waals surface area (Å²) in [6.07, 6.45) is 5.87. The fourth-order valence-corrected chi connectivity index (χ4v) is 2.33. The lowest BCUT2D eigenvalue weighted by atomic mass is 10.1. The van der Waals surface area contributed by atoms with E-state index in [2.05, 4.69) is 20.9 Å². The first kappa shape index (κ1) is 12.0. The molecule has 0 amide bonds. The van der Waals surface area contributed by atoms with Gasteiger partial charge in [0.05, 0.1) is 0 Å². The van der Waals surface area contributed by atoms with Gasteiger partial charge in [-0.2, -0.15) is 0 Å². The first-order valence-electron chi connectivity index (χ1n) is 6.65. The molecule has 0 atom stereocenters. The van der Waals surface area contributed by atoms with Gasteiger partial charge in [0.15, 0.2) is 0 Å². The monoisotopic (exact) mass is 255 g/mol. The molecule has 19 heavy (non-hydrogen) atoms. The number of pyridine rings is 2. The summed E-state index contributed by atoms with van der Waals surface area (Å²) in [5.74, 6) is 1.78. The van der Waals surface area contributed by atoms with Crippen molar-refractivity contribution in [3.8, 4) is 5.88 Å². The van der Waals surface area contributed by atoms with Crippen molar-refractivity contribution >= 4 is 5.82 Å². The Labute approximate surface area is 113 Å². The number of ether oxygens (including phenoxy) is 1. The third-order valence-corrected chi connectivity index (χ3v) is 3.34. The van der Waals surface area contributed by atoms with Crippen LogP contribution in [0.1, 0.15) is 12.8 Å². The van der Waals surface area contributed by atoms with Gasteiger partial charge in [-0.3, -0.25) is 0 Å². The molecule has 0 N–H and O–H groups in total. The standard InChI is InChI=1S/C15H17N3O/c1-3-9-16-14(5-1)18-11-7-13(8-12-18)19-15-6-2-4-10-17-15/h1-6,9-10,13H,7-8,11-12H2. The van der Waals surface area contributed by atoms with Crippen LogP contribution >= 0.6 is 0 Å². The second-order valence-electron chi connectivity index (χ2n) is 4.66. The number of rotatable bonds is 3. The molecule has 0 unspecified atom stereocenters. The summed E-state index contributed by atoms with van der Waals surface area (Å²) in [6.45, 7) is 1.96. The Bertz CT molecular complexity index is 495. The van der Waals surface area contributed by atoms with E-state index in [4.69, 9.17) is 4.74 Å². The molecule has 4 nitrogen and oxygen atoms in total. The van der Waals surface area contributed by atoms with Crippen molar-refractivity contribution in [3.63, 3.8) is 0 Å². The quantitative estimate of drug-likeness (QED) is 0.844. The Kier molecular flexibility index (Phi) is 3.58. The van der Waals surface area contributed by atoms with Crippen molar-refractivity contribution in [3.05, 3.63) is 48.8 Å². The van der Waals surface area contributed by atoms with Crippen LogP contribution in [0.25, 0.3) is 0 Å². The Morgan fingerprint density at radius 1 is 0.947 bits per heavy atom. The van der Waals surface area contributed by atoms with Gasteiger partial charge in [0, 0.05) is 44.4 Å². The molecule has 0 radical (unpaired) electrons. The van der Waals surface area contributed by atoms with Crippen molar-refractivity contribution in [2.75, 3.05) is 18.0 Å². The fraction of sp³-hybridized carbons (Fsp3) is 0.333. The molecule has 2 aromatic rings. The van der Waals surface area contributed by atoms with Gasteiger partial charge < -0.3 is 9.64 Å². The van der Waals surface area contributed by atoms with Crippen LogP contribution in [0.15, 0.2) is 48.8 Å². The van der Waals surface area contributed by atoms with Crippen LogP contribution in [-0.4, -0.2) is 29.2 Å². The maximum absolute atomic E-state index is 5.88. The highest BCUT2D eigenvalue weighted by atomic mass is 16.5. The normalized spacial score (nSPS) is 16.3. The van der Waals surface area contributed by atoms with Crippen molar-refractivity contribution in [2.45, 2.75) is 18.9 Å². The van der Waals surface area contributed by atoms with E-state index in [0.29, 0.717) is 0 Å². The fourth-order valence-electron chi connectivity index (χ4n) is 2.33. The lowest BCUT2D eigenvalue weighted by Crippen LogP contribution is -2.38. The molecule has 1 aliphatic rings. The van der Waals surface area contributed by atoms with E-state index >= 15 is 0 Å². The first-order valence-corrected chi connectivity index (χ1v) is 6.65. The van der Waals surface area contributed by atoms with Crippen LogP contribution in [0.3, 0.4) is 0 Å². The van der Waals surface area contributed by atoms with E-state index < -0.39 is 0 Å². The summed E-state index contributed by atoms with van der Waals surface area (Å²) in [5, 5.41) is 0. The number of hydrogen-bond donors (Lipinski definition) is 0. The molecule has 0 aliphatic carbocycles. The summed E-state index contributed by atoms with van der Waals surface area (Å²) < 4.78 is 5.88. The molecule has 1 saturated heterocycles. The molecular formula is C15H17N3O. The minimum Gasteiger partial charge on any atom is -0.474 e. The van der Waals surface area contributed by atoms with Crippen LogP contribution in [0.5, 0.6) is 5.88 Å². The molecule has 98 valence electrons. The zero-order valence-corrected chi connectivity index (χ0v) is 10.8. The van der Waals surface area contributed by atoms with E-state index in [9.17, 15) is 0 Å². The zero-order chi connectivity index (χ0) is 12.9. The maximum atomic E-state index is 5.88. The third-order valence-electron chi connectivity index (χ3n) is 3.34. The van der Waals surface area contributed by atoms with Crippen molar-refractivity contribution in [1.82, 2.24) is 9.97 Å². The largest absolute Gasteiger partial charge is 0.474 e. The third kappa shape index (κ3) is 3.02. The van der Waals surface area contributed by atoms with Gasteiger partial charge in [-0.1, -0.05) is 12.1 Å². The van der Waals surface area contributed by atoms with Crippen LogP contribution in [-0.2, 0) is 0 Å². The number of hydrogen-bond acceptors (Lipinski definition) is 4. The second-order valence-corrected chi connectivity index (χ2v) is 4.66. The van der Waals surface area contributed by atoms with Gasteiger partial charge in [-0.15, -0.1) is 0 Å². The molecule has 4 heteroatoms. The summed E-state index contributed by atoms with van der Waals surface area (Å²) in [7, 11) is 0. The molecule has 1 aliphatic heterocycles. The van der Waals surface area contributed by atoms with E-state index in [1.54, 1.807) is 6.20 Å². The Balaban J connectivity index is 1.55. The minimum absolute atomic E-state index is 0.259. The lowest BCUT2D eigenvalue weighted by molar-refractivity contribution is 0.164. The molecule has 0 aromatic carbocycles. The lowest BCUT2D eigenvalue weighted by Gasteiger charge is -2.32. The van der Waals surface area contributed by atoms with E-state index in [1.165, 1.54) is 0 Å². The average molecular weight is 255 g/mol. The second kappa shape index (κ2) is 5.69. The van der Waals surface area contributed by atoms with Crippen LogP contribution in [0.4, 0.5) is 5.82 Å². The van der Waals surface area contributed by atoms with Gasteiger partial charge in [-0.05, 0) is 18.2 Å². The van der Waals surface area contributed by atoms with Crippen LogP contribution in [0.2, 0.25) is 0 Å². The zero-order valence-electron chi connectivity index (χ0n) is 10.8. The smallest absolute Gasteiger partial charge is 0.213 e. The highest BCUT2D eigenvalue weighted by molar-refractivity contribution is 5.38. The molecule has 3 rings (SSSR count). The number of piperidine rings is 1. The Morgan fingerprint density at radius 2 is 1.68 bits per heavy atom. The van der Waals surface area contributed by atoms with Crippen LogP contribution in [0, 0.1) is 0 Å². The highest BCUT2D eigenvalue weighted by Gasteiger charge is 2.21. The number of nitrogens with zero attached hydrogens (tertiary/aromatic N) is 3. The summed E-state index contributed by atoms with van der Waals surface area (Å²) in [6, 6.07) is 11.8. The van der Waals surface area contributed by atoms with Crippen molar-refractivity contribution in [1.29, 1.82) is 0 Å². The molecule has 3 heterocycles. The van der Waals surface area contributed by atoms with E-state index in [-0.39, 0.29) is 6.10 Å². The predicted octanol–water partition coefficient (Wildman–Crippen LogP) is 2.52. The Hall–Kier alpha value is -2.10. The van der Waals surface area contributed by atoms with Gasteiger partial charge in [0.1, 0.15) is 11.9 Å². The summed E-state index contributed by atoms with van der Waals surface area (Å²) in [4.78, 5) is 10.9. The average Bonchev–Trinajstić information content (AvgIpc) is 2.50. The molecule has 0 bridgehead atoms. The topological polar surface area (TPSA) is 38.2 Å². The van der Waals surface area contributed by atoms with E-state index in [0.717, 1.165) is 37.6 Å². The number of anilines is 1.